The van der Waals surface area contributed by atoms with Crippen molar-refractivity contribution in [1.82, 2.24) is 5.32 Å². The van der Waals surface area contributed by atoms with Crippen molar-refractivity contribution in [2.24, 2.45) is 11.3 Å². The second kappa shape index (κ2) is 4.01. The second-order valence-corrected chi connectivity index (χ2v) is 6.25. The Hall–Kier alpha value is -1.50. The van der Waals surface area contributed by atoms with Gasteiger partial charge in [0.05, 0.1) is 11.6 Å². The number of nitriles is 1. The van der Waals surface area contributed by atoms with Crippen LogP contribution < -0.4 is 5.32 Å². The molecule has 0 spiro atoms. The molecule has 0 aromatic rings. The maximum absolute atomic E-state index is 11.8. The van der Waals surface area contributed by atoms with Crippen molar-refractivity contribution in [3.05, 3.63) is 11.3 Å². The van der Waals surface area contributed by atoms with Crippen LogP contribution in [0.1, 0.15) is 46.5 Å². The van der Waals surface area contributed by atoms with E-state index in [0.717, 1.165) is 12.8 Å². The Morgan fingerprint density at radius 2 is 2.11 bits per heavy atom. The monoisotopic (exact) mass is 248 g/mol. The van der Waals surface area contributed by atoms with Gasteiger partial charge in [0.25, 0.3) is 0 Å². The molecular formula is C14H20N2O2. The summed E-state index contributed by atoms with van der Waals surface area (Å²) in [6, 6.07) is 2.08. The van der Waals surface area contributed by atoms with Gasteiger partial charge in [-0.25, -0.2) is 0 Å². The van der Waals surface area contributed by atoms with Crippen LogP contribution in [0.3, 0.4) is 0 Å². The van der Waals surface area contributed by atoms with Gasteiger partial charge in [-0.15, -0.1) is 0 Å². The number of amides is 1. The summed E-state index contributed by atoms with van der Waals surface area (Å²) in [5, 5.41) is 22.5. The molecule has 0 radical (unpaired) electrons. The first-order valence-corrected chi connectivity index (χ1v) is 6.45. The SMILES string of the molecule is CC1(C)C(O)=C(C#N)C[C@]2(C)NC(=O)CCC[C@@H]12. The number of carbonyl (C=O) groups is 1. The van der Waals surface area contributed by atoms with Gasteiger partial charge in [0.1, 0.15) is 5.76 Å². The molecule has 0 bridgehead atoms. The zero-order chi connectivity index (χ0) is 13.6. The molecule has 4 heteroatoms. The number of nitrogens with zero attached hydrogens (tertiary/aromatic N) is 1. The van der Waals surface area contributed by atoms with E-state index in [0.29, 0.717) is 18.4 Å². The van der Waals surface area contributed by atoms with Crippen molar-refractivity contribution < 1.29 is 9.90 Å². The van der Waals surface area contributed by atoms with Gasteiger partial charge in [0, 0.05) is 23.8 Å². The van der Waals surface area contributed by atoms with E-state index in [4.69, 9.17) is 5.26 Å². The summed E-state index contributed by atoms with van der Waals surface area (Å²) in [5.41, 5.74) is -0.481. The highest BCUT2D eigenvalue weighted by molar-refractivity contribution is 5.77. The molecule has 0 aromatic heterocycles. The molecule has 1 amide bonds. The van der Waals surface area contributed by atoms with Gasteiger partial charge in [-0.3, -0.25) is 4.79 Å². The van der Waals surface area contributed by atoms with Crippen LogP contribution in [-0.4, -0.2) is 16.6 Å². The fraction of sp³-hybridized carbons (Fsp3) is 0.714. The van der Waals surface area contributed by atoms with Crippen LogP contribution in [0.5, 0.6) is 0 Å². The molecule has 1 aliphatic carbocycles. The molecule has 0 saturated carbocycles. The van der Waals surface area contributed by atoms with E-state index in [-0.39, 0.29) is 17.6 Å². The minimum atomic E-state index is -0.463. The maximum atomic E-state index is 11.8. The van der Waals surface area contributed by atoms with E-state index < -0.39 is 11.0 Å². The normalized spacial score (nSPS) is 35.2. The van der Waals surface area contributed by atoms with Crippen molar-refractivity contribution in [1.29, 1.82) is 5.26 Å². The minimum absolute atomic E-state index is 0.0504. The molecule has 2 atom stereocenters. The third-order valence-corrected chi connectivity index (χ3v) is 4.54. The molecule has 1 heterocycles. The number of hydrogen-bond acceptors (Lipinski definition) is 3. The molecule has 2 rings (SSSR count). The van der Waals surface area contributed by atoms with Gasteiger partial charge < -0.3 is 10.4 Å². The molecule has 2 N–H and O–H groups in total. The first kappa shape index (κ1) is 12.9. The molecule has 0 unspecified atom stereocenters. The van der Waals surface area contributed by atoms with E-state index in [1.807, 2.05) is 20.8 Å². The van der Waals surface area contributed by atoms with E-state index in [9.17, 15) is 9.90 Å². The highest BCUT2D eigenvalue weighted by Crippen LogP contribution is 2.51. The van der Waals surface area contributed by atoms with Crippen molar-refractivity contribution in [3.63, 3.8) is 0 Å². The van der Waals surface area contributed by atoms with Crippen LogP contribution in [0.25, 0.3) is 0 Å². The molecule has 4 nitrogen and oxygen atoms in total. The maximum Gasteiger partial charge on any atom is 0.220 e. The quantitative estimate of drug-likeness (QED) is 0.691. The molecule has 98 valence electrons. The number of hydrogen-bond donors (Lipinski definition) is 2. The van der Waals surface area contributed by atoms with Crippen molar-refractivity contribution in [2.75, 3.05) is 0 Å². The zero-order valence-electron chi connectivity index (χ0n) is 11.2. The van der Waals surface area contributed by atoms with Gasteiger partial charge in [-0.2, -0.15) is 5.26 Å². The Morgan fingerprint density at radius 3 is 2.72 bits per heavy atom. The number of carbonyl (C=O) groups excluding carboxylic acids is 1. The van der Waals surface area contributed by atoms with Crippen molar-refractivity contribution in [3.8, 4) is 6.07 Å². The molecule has 1 saturated heterocycles. The van der Waals surface area contributed by atoms with Crippen molar-refractivity contribution >= 4 is 5.91 Å². The Balaban J connectivity index is 2.51. The molecule has 2 aliphatic rings. The average Bonchev–Trinajstić information content (AvgIpc) is 2.43. The molecule has 0 aromatic carbocycles. The fourth-order valence-electron chi connectivity index (χ4n) is 3.68. The fourth-order valence-corrected chi connectivity index (χ4v) is 3.68. The van der Waals surface area contributed by atoms with Gasteiger partial charge in [0.2, 0.25) is 5.91 Å². The van der Waals surface area contributed by atoms with E-state index in [2.05, 4.69) is 11.4 Å². The molecule has 18 heavy (non-hydrogen) atoms. The van der Waals surface area contributed by atoms with E-state index >= 15 is 0 Å². The van der Waals surface area contributed by atoms with Gasteiger partial charge >= 0.3 is 0 Å². The Morgan fingerprint density at radius 1 is 1.44 bits per heavy atom. The summed E-state index contributed by atoms with van der Waals surface area (Å²) in [7, 11) is 0. The lowest BCUT2D eigenvalue weighted by Gasteiger charge is -2.49. The van der Waals surface area contributed by atoms with Crippen LogP contribution >= 0.6 is 0 Å². The number of rotatable bonds is 0. The second-order valence-electron chi connectivity index (χ2n) is 6.25. The van der Waals surface area contributed by atoms with E-state index in [1.54, 1.807) is 0 Å². The lowest BCUT2D eigenvalue weighted by Crippen LogP contribution is -2.57. The number of fused-ring (bicyclic) bond motifs is 1. The first-order valence-electron chi connectivity index (χ1n) is 6.45. The largest absolute Gasteiger partial charge is 0.511 e. The van der Waals surface area contributed by atoms with Gasteiger partial charge in [0.15, 0.2) is 0 Å². The summed E-state index contributed by atoms with van der Waals surface area (Å²) in [5.74, 6) is 0.409. The van der Waals surface area contributed by atoms with Crippen LogP contribution in [0.15, 0.2) is 11.3 Å². The van der Waals surface area contributed by atoms with Crippen LogP contribution in [0, 0.1) is 22.7 Å². The number of aliphatic hydroxyl groups is 1. The number of aliphatic hydroxyl groups excluding tert-OH is 1. The lowest BCUT2D eigenvalue weighted by atomic mass is 9.59. The Bertz CT molecular complexity index is 459. The van der Waals surface area contributed by atoms with Crippen LogP contribution in [0.2, 0.25) is 0 Å². The average molecular weight is 248 g/mol. The third kappa shape index (κ3) is 1.78. The summed E-state index contributed by atoms with van der Waals surface area (Å²) in [4.78, 5) is 11.8. The topological polar surface area (TPSA) is 73.1 Å². The highest BCUT2D eigenvalue weighted by Gasteiger charge is 2.52. The Kier molecular flexibility index (Phi) is 2.89. The predicted octanol–water partition coefficient (Wildman–Crippen LogP) is 2.43. The van der Waals surface area contributed by atoms with Gasteiger partial charge in [-0.05, 0) is 25.7 Å². The first-order chi connectivity index (χ1) is 8.31. The summed E-state index contributed by atoms with van der Waals surface area (Å²) in [6.07, 6.45) is 2.69. The summed E-state index contributed by atoms with van der Waals surface area (Å²) < 4.78 is 0. The summed E-state index contributed by atoms with van der Waals surface area (Å²) in [6.45, 7) is 5.91. The predicted molar refractivity (Wildman–Crippen MR) is 67.6 cm³/mol. The van der Waals surface area contributed by atoms with Crippen LogP contribution in [-0.2, 0) is 4.79 Å². The minimum Gasteiger partial charge on any atom is -0.511 e. The molecular weight excluding hydrogens is 228 g/mol. The van der Waals surface area contributed by atoms with Crippen molar-refractivity contribution in [2.45, 2.75) is 52.0 Å². The van der Waals surface area contributed by atoms with Gasteiger partial charge in [-0.1, -0.05) is 13.8 Å². The zero-order valence-corrected chi connectivity index (χ0v) is 11.2. The Labute approximate surface area is 108 Å². The summed E-state index contributed by atoms with van der Waals surface area (Å²) >= 11 is 0. The smallest absolute Gasteiger partial charge is 0.220 e. The molecule has 1 fully saturated rings. The van der Waals surface area contributed by atoms with E-state index in [1.165, 1.54) is 0 Å². The highest BCUT2D eigenvalue weighted by atomic mass is 16.3. The lowest BCUT2D eigenvalue weighted by molar-refractivity contribution is -0.123. The standard InChI is InChI=1S/C14H20N2O2/c1-13(2)10-5-4-6-11(17)16-14(10,3)7-9(8-15)12(13)18/h10,18H,4-7H2,1-3H3,(H,16,17)/t10-,14-/m0/s1. The third-order valence-electron chi connectivity index (χ3n) is 4.54. The molecule has 1 aliphatic heterocycles. The van der Waals surface area contributed by atoms with Crippen LogP contribution in [0.4, 0.5) is 0 Å². The number of allylic oxidation sites excluding steroid dienone is 1. The number of nitrogens with one attached hydrogen (secondary N) is 1.